The van der Waals surface area contributed by atoms with Gasteiger partial charge in [0.05, 0.1) is 16.8 Å². The second-order valence-electron chi connectivity index (χ2n) is 7.54. The van der Waals surface area contributed by atoms with Gasteiger partial charge >= 0.3 is 5.97 Å². The van der Waals surface area contributed by atoms with Crippen molar-refractivity contribution in [2.75, 3.05) is 13.2 Å². The fraction of sp³-hybridized carbons (Fsp3) is 0.0714. The average Bonchev–Trinajstić information content (AvgIpc) is 2.86. The van der Waals surface area contributed by atoms with Gasteiger partial charge < -0.3 is 9.47 Å². The maximum Gasteiger partial charge on any atom is 0.339 e. The van der Waals surface area contributed by atoms with E-state index in [4.69, 9.17) is 14.5 Å². The summed E-state index contributed by atoms with van der Waals surface area (Å²) in [6.45, 7) is 0.418. The Morgan fingerprint density at radius 1 is 0.788 bits per heavy atom. The lowest BCUT2D eigenvalue weighted by molar-refractivity contribution is 0.0452. The maximum absolute atomic E-state index is 13.1. The summed E-state index contributed by atoms with van der Waals surface area (Å²) in [5.41, 5.74) is 2.96. The van der Waals surface area contributed by atoms with E-state index in [1.165, 1.54) is 0 Å². The predicted octanol–water partition coefficient (Wildman–Crippen LogP) is 7.05. The number of carbonyl (C=O) groups is 1. The van der Waals surface area contributed by atoms with Crippen LogP contribution < -0.4 is 4.74 Å². The number of esters is 1. The summed E-state index contributed by atoms with van der Waals surface area (Å²) in [7, 11) is 0. The monoisotopic (exact) mass is 497 g/mol. The standard InChI is InChI=1S/C28H20BrNO3/c29-20-12-14-21(15-13-20)32-16-17-33-28(31)25-18-27(30-26-11-4-3-9-24(25)26)23-10-5-7-19-6-1-2-8-22(19)23/h1-15,18H,16-17H2. The van der Waals surface area contributed by atoms with Gasteiger partial charge in [0.2, 0.25) is 0 Å². The van der Waals surface area contributed by atoms with Crippen molar-refractivity contribution in [2.24, 2.45) is 0 Å². The van der Waals surface area contributed by atoms with Crippen molar-refractivity contribution in [3.63, 3.8) is 0 Å². The number of hydrogen-bond acceptors (Lipinski definition) is 4. The van der Waals surface area contributed by atoms with Crippen LogP contribution in [0.5, 0.6) is 5.75 Å². The number of aromatic nitrogens is 1. The van der Waals surface area contributed by atoms with Crippen LogP contribution in [0.2, 0.25) is 0 Å². The number of benzene rings is 4. The molecule has 0 unspecified atom stereocenters. The van der Waals surface area contributed by atoms with E-state index < -0.39 is 5.97 Å². The summed E-state index contributed by atoms with van der Waals surface area (Å²) in [6, 6.07) is 31.2. The summed E-state index contributed by atoms with van der Waals surface area (Å²) in [4.78, 5) is 17.9. The van der Waals surface area contributed by atoms with Crippen molar-refractivity contribution in [3.8, 4) is 17.0 Å². The minimum absolute atomic E-state index is 0.148. The third-order valence-corrected chi connectivity index (χ3v) is 5.93. The lowest BCUT2D eigenvalue weighted by Crippen LogP contribution is -2.13. The van der Waals surface area contributed by atoms with Crippen LogP contribution in [0, 0.1) is 0 Å². The van der Waals surface area contributed by atoms with Crippen LogP contribution in [0.15, 0.2) is 102 Å². The molecule has 0 bridgehead atoms. The van der Waals surface area contributed by atoms with Crippen LogP contribution in [-0.4, -0.2) is 24.2 Å². The van der Waals surface area contributed by atoms with Crippen molar-refractivity contribution in [1.82, 2.24) is 4.98 Å². The van der Waals surface area contributed by atoms with Crippen LogP contribution >= 0.6 is 15.9 Å². The summed E-state index contributed by atoms with van der Waals surface area (Å²) in [5.74, 6) is 0.330. The molecule has 0 atom stereocenters. The topological polar surface area (TPSA) is 48.4 Å². The summed E-state index contributed by atoms with van der Waals surface area (Å²) in [5, 5.41) is 2.98. The van der Waals surface area contributed by atoms with Crippen molar-refractivity contribution < 1.29 is 14.3 Å². The Morgan fingerprint density at radius 3 is 2.36 bits per heavy atom. The number of rotatable bonds is 6. The first-order valence-electron chi connectivity index (χ1n) is 10.6. The number of hydrogen-bond donors (Lipinski definition) is 0. The smallest absolute Gasteiger partial charge is 0.339 e. The van der Waals surface area contributed by atoms with Gasteiger partial charge in [0.15, 0.2) is 0 Å². The van der Waals surface area contributed by atoms with Gasteiger partial charge in [-0.1, -0.05) is 76.6 Å². The fourth-order valence-electron chi connectivity index (χ4n) is 3.83. The van der Waals surface area contributed by atoms with Crippen molar-refractivity contribution in [2.45, 2.75) is 0 Å². The molecule has 33 heavy (non-hydrogen) atoms. The molecule has 0 saturated carbocycles. The van der Waals surface area contributed by atoms with Crippen LogP contribution in [0.1, 0.15) is 10.4 Å². The number of para-hydroxylation sites is 1. The largest absolute Gasteiger partial charge is 0.490 e. The van der Waals surface area contributed by atoms with E-state index in [1.54, 1.807) is 0 Å². The third kappa shape index (κ3) is 4.59. The van der Waals surface area contributed by atoms with Crippen LogP contribution in [0.4, 0.5) is 0 Å². The molecule has 5 aromatic rings. The molecular weight excluding hydrogens is 478 g/mol. The zero-order valence-electron chi connectivity index (χ0n) is 17.7. The molecule has 0 radical (unpaired) electrons. The first-order chi connectivity index (χ1) is 16.2. The molecule has 0 saturated heterocycles. The minimum atomic E-state index is -0.394. The molecule has 0 fully saturated rings. The van der Waals surface area contributed by atoms with Crippen LogP contribution in [0.25, 0.3) is 32.9 Å². The van der Waals surface area contributed by atoms with Crippen LogP contribution in [0.3, 0.4) is 0 Å². The zero-order chi connectivity index (χ0) is 22.6. The second kappa shape index (κ2) is 9.43. The van der Waals surface area contributed by atoms with Gasteiger partial charge in [-0.15, -0.1) is 0 Å². The van der Waals surface area contributed by atoms with E-state index in [9.17, 15) is 4.79 Å². The highest BCUT2D eigenvalue weighted by atomic mass is 79.9. The minimum Gasteiger partial charge on any atom is -0.490 e. The van der Waals surface area contributed by atoms with E-state index in [0.717, 1.165) is 43.2 Å². The van der Waals surface area contributed by atoms with E-state index in [0.29, 0.717) is 5.56 Å². The van der Waals surface area contributed by atoms with E-state index >= 15 is 0 Å². The predicted molar refractivity (Wildman–Crippen MR) is 135 cm³/mol. The Hall–Kier alpha value is -3.70. The Balaban J connectivity index is 1.42. The Labute approximate surface area is 199 Å². The van der Waals surface area contributed by atoms with Gasteiger partial charge in [0.25, 0.3) is 0 Å². The summed E-state index contributed by atoms with van der Waals surface area (Å²) in [6.07, 6.45) is 0. The second-order valence-corrected chi connectivity index (χ2v) is 8.45. The van der Waals surface area contributed by atoms with Gasteiger partial charge in [-0.2, -0.15) is 0 Å². The molecule has 0 aliphatic rings. The molecular formula is C28H20BrNO3. The Morgan fingerprint density at radius 2 is 1.52 bits per heavy atom. The SMILES string of the molecule is O=C(OCCOc1ccc(Br)cc1)c1cc(-c2cccc3ccccc23)nc2ccccc12. The molecule has 0 N–H and O–H groups in total. The number of pyridine rings is 1. The van der Waals surface area contributed by atoms with Crippen LogP contribution in [-0.2, 0) is 4.74 Å². The van der Waals surface area contributed by atoms with Gasteiger partial charge in [-0.05, 0) is 47.2 Å². The summed E-state index contributed by atoms with van der Waals surface area (Å²) >= 11 is 3.40. The van der Waals surface area contributed by atoms with Gasteiger partial charge in [0.1, 0.15) is 19.0 Å². The fourth-order valence-corrected chi connectivity index (χ4v) is 4.10. The number of halogens is 1. The number of ether oxygens (including phenoxy) is 2. The molecule has 1 aromatic heterocycles. The number of carbonyl (C=O) groups excluding carboxylic acids is 1. The third-order valence-electron chi connectivity index (χ3n) is 5.40. The lowest BCUT2D eigenvalue weighted by atomic mass is 9.99. The maximum atomic E-state index is 13.1. The molecule has 1 heterocycles. The molecule has 0 aliphatic heterocycles. The quantitative estimate of drug-likeness (QED) is 0.186. The van der Waals surface area contributed by atoms with Crippen molar-refractivity contribution >= 4 is 43.6 Å². The van der Waals surface area contributed by atoms with Crippen molar-refractivity contribution in [1.29, 1.82) is 0 Å². The Kier molecular flexibility index (Phi) is 6.05. The van der Waals surface area contributed by atoms with Gasteiger partial charge in [-0.3, -0.25) is 0 Å². The van der Waals surface area contributed by atoms with E-state index in [2.05, 4.69) is 34.1 Å². The highest BCUT2D eigenvalue weighted by molar-refractivity contribution is 9.10. The number of nitrogens with zero attached hydrogens (tertiary/aromatic N) is 1. The molecule has 4 aromatic carbocycles. The average molecular weight is 498 g/mol. The molecule has 0 spiro atoms. The first kappa shape index (κ1) is 21.2. The number of fused-ring (bicyclic) bond motifs is 2. The first-order valence-corrected chi connectivity index (χ1v) is 11.4. The molecule has 162 valence electrons. The molecule has 0 amide bonds. The molecule has 0 aliphatic carbocycles. The zero-order valence-corrected chi connectivity index (χ0v) is 19.3. The van der Waals surface area contributed by atoms with E-state index in [1.807, 2.05) is 78.9 Å². The molecule has 4 nitrogen and oxygen atoms in total. The van der Waals surface area contributed by atoms with Crippen molar-refractivity contribution in [3.05, 3.63) is 107 Å². The normalized spacial score (nSPS) is 10.9. The highest BCUT2D eigenvalue weighted by Crippen LogP contribution is 2.30. The van der Waals surface area contributed by atoms with Gasteiger partial charge in [-0.25, -0.2) is 9.78 Å². The molecule has 5 heteroatoms. The molecule has 5 rings (SSSR count). The highest BCUT2D eigenvalue weighted by Gasteiger charge is 2.16. The van der Waals surface area contributed by atoms with Gasteiger partial charge in [0, 0.05) is 15.4 Å². The van der Waals surface area contributed by atoms with E-state index in [-0.39, 0.29) is 13.2 Å². The Bertz CT molecular complexity index is 1440. The summed E-state index contributed by atoms with van der Waals surface area (Å²) < 4.78 is 12.2. The lowest BCUT2D eigenvalue weighted by Gasteiger charge is -2.12.